The van der Waals surface area contributed by atoms with Crippen LogP contribution in [-0.4, -0.2) is 47.6 Å². The molecule has 6 atom stereocenters. The van der Waals surface area contributed by atoms with Crippen molar-refractivity contribution < 1.29 is 29.3 Å². The summed E-state index contributed by atoms with van der Waals surface area (Å²) in [7, 11) is 0. The summed E-state index contributed by atoms with van der Waals surface area (Å²) in [6, 6.07) is 0. The molecule has 2 rings (SSSR count). The Balaban J connectivity index is 2.41. The van der Waals surface area contributed by atoms with Gasteiger partial charge in [0.05, 0.1) is 25.0 Å². The molecule has 3 unspecified atom stereocenters. The molecule has 2 N–H and O–H groups in total. The first-order valence-electron chi connectivity index (χ1n) is 8.33. The molecule has 2 aliphatic rings. The van der Waals surface area contributed by atoms with Crippen LogP contribution in [0, 0.1) is 23.2 Å². The third-order valence-electron chi connectivity index (χ3n) is 5.40. The van der Waals surface area contributed by atoms with Crippen molar-refractivity contribution in [2.75, 3.05) is 13.2 Å². The first kappa shape index (κ1) is 19.4. The molecule has 0 aromatic carbocycles. The largest absolute Gasteiger partial charge is 0.461 e. The fourth-order valence-electron chi connectivity index (χ4n) is 3.84. The molecule has 0 radical (unpaired) electrons. The fraction of sp³-hybridized carbons (Fsp3) is 0.579. The third-order valence-corrected chi connectivity index (χ3v) is 5.40. The fourth-order valence-corrected chi connectivity index (χ4v) is 3.84. The van der Waals surface area contributed by atoms with Crippen molar-refractivity contribution in [3.05, 3.63) is 37.0 Å². The summed E-state index contributed by atoms with van der Waals surface area (Å²) in [6.45, 7) is 14.5. The van der Waals surface area contributed by atoms with Crippen molar-refractivity contribution in [3.63, 3.8) is 0 Å². The lowest BCUT2D eigenvalue weighted by molar-refractivity contribution is -0.167. The van der Waals surface area contributed by atoms with Crippen LogP contribution in [0.3, 0.4) is 0 Å². The van der Waals surface area contributed by atoms with Gasteiger partial charge in [-0.15, -0.1) is 6.58 Å². The maximum absolute atomic E-state index is 12.2. The average molecular weight is 350 g/mol. The molecule has 2 fully saturated rings. The van der Waals surface area contributed by atoms with Crippen LogP contribution in [0.25, 0.3) is 0 Å². The predicted molar refractivity (Wildman–Crippen MR) is 91.3 cm³/mol. The lowest BCUT2D eigenvalue weighted by atomic mass is 9.59. The highest BCUT2D eigenvalue weighted by Gasteiger charge is 2.58. The van der Waals surface area contributed by atoms with Gasteiger partial charge in [0.2, 0.25) is 0 Å². The number of aliphatic hydroxyl groups excluding tert-OH is 2. The van der Waals surface area contributed by atoms with Gasteiger partial charge in [0, 0.05) is 11.5 Å². The number of aliphatic hydroxyl groups is 2. The molecule has 25 heavy (non-hydrogen) atoms. The standard InChI is InChI=1S/C19H26O6/c1-6-19(5)7-13(24-17(22)11(3)9-21)14-12(4)18(23)25-16(14)15(19)10(2)8-20/h6,11,13-16,20-21H,1-2,4,7-9H2,3,5H3/t11?,13-,14+,15?,16-,19?/m0/s1. The minimum atomic E-state index is -0.662. The zero-order chi connectivity index (χ0) is 18.9. The molecule has 6 heteroatoms. The quantitative estimate of drug-likeness (QED) is 0.427. The molecule has 1 aliphatic carbocycles. The summed E-state index contributed by atoms with van der Waals surface area (Å²) in [6.07, 6.45) is 0.857. The van der Waals surface area contributed by atoms with Crippen LogP contribution < -0.4 is 0 Å². The van der Waals surface area contributed by atoms with Crippen LogP contribution in [0.4, 0.5) is 0 Å². The molecule has 0 aromatic rings. The Morgan fingerprint density at radius 2 is 2.16 bits per heavy atom. The third kappa shape index (κ3) is 3.28. The average Bonchev–Trinajstić information content (AvgIpc) is 2.88. The van der Waals surface area contributed by atoms with Gasteiger partial charge in [0.15, 0.2) is 0 Å². The number of fused-ring (bicyclic) bond motifs is 1. The molecular weight excluding hydrogens is 324 g/mol. The lowest BCUT2D eigenvalue weighted by Gasteiger charge is -2.48. The molecule has 1 aliphatic heterocycles. The minimum absolute atomic E-state index is 0.243. The van der Waals surface area contributed by atoms with E-state index in [4.69, 9.17) is 14.6 Å². The van der Waals surface area contributed by atoms with E-state index in [1.807, 2.05) is 6.92 Å². The SMILES string of the molecule is C=CC1(C)C[C@H](OC(=O)C(C)CO)[C@H]2C(=C)C(=O)O[C@@H]2C1C(=C)CO. The van der Waals surface area contributed by atoms with Crippen LogP contribution in [-0.2, 0) is 19.1 Å². The Labute approximate surface area is 147 Å². The van der Waals surface area contributed by atoms with Gasteiger partial charge in [-0.25, -0.2) is 4.79 Å². The molecular formula is C19H26O6. The molecule has 0 amide bonds. The second kappa shape index (κ2) is 7.14. The summed E-state index contributed by atoms with van der Waals surface area (Å²) >= 11 is 0. The van der Waals surface area contributed by atoms with Crippen molar-refractivity contribution in [1.82, 2.24) is 0 Å². The molecule has 6 nitrogen and oxygen atoms in total. The van der Waals surface area contributed by atoms with Gasteiger partial charge in [0.1, 0.15) is 12.2 Å². The number of ether oxygens (including phenoxy) is 2. The number of allylic oxidation sites excluding steroid dienone is 1. The molecule has 1 saturated heterocycles. The highest BCUT2D eigenvalue weighted by Crippen LogP contribution is 2.53. The molecule has 0 bridgehead atoms. The van der Waals surface area contributed by atoms with E-state index in [9.17, 15) is 14.7 Å². The predicted octanol–water partition coefficient (Wildman–Crippen LogP) is 1.39. The van der Waals surface area contributed by atoms with Gasteiger partial charge >= 0.3 is 11.9 Å². The van der Waals surface area contributed by atoms with E-state index in [2.05, 4.69) is 19.7 Å². The van der Waals surface area contributed by atoms with Crippen molar-refractivity contribution in [1.29, 1.82) is 0 Å². The molecule has 138 valence electrons. The van der Waals surface area contributed by atoms with Crippen molar-refractivity contribution >= 4 is 11.9 Å². The van der Waals surface area contributed by atoms with E-state index in [0.717, 1.165) is 0 Å². The maximum atomic E-state index is 12.2. The van der Waals surface area contributed by atoms with Gasteiger partial charge in [-0.05, 0) is 24.3 Å². The Kier molecular flexibility index (Phi) is 5.54. The molecule has 0 spiro atoms. The van der Waals surface area contributed by atoms with Gasteiger partial charge < -0.3 is 19.7 Å². The monoisotopic (exact) mass is 350 g/mol. The first-order chi connectivity index (χ1) is 11.7. The zero-order valence-corrected chi connectivity index (χ0v) is 14.7. The summed E-state index contributed by atoms with van der Waals surface area (Å²) < 4.78 is 11.1. The van der Waals surface area contributed by atoms with Crippen LogP contribution in [0.1, 0.15) is 20.3 Å². The topological polar surface area (TPSA) is 93.1 Å². The highest BCUT2D eigenvalue weighted by atomic mass is 16.6. The van der Waals surface area contributed by atoms with E-state index in [0.29, 0.717) is 12.0 Å². The molecule has 1 saturated carbocycles. The van der Waals surface area contributed by atoms with Gasteiger partial charge in [0.25, 0.3) is 0 Å². The van der Waals surface area contributed by atoms with E-state index in [1.54, 1.807) is 13.0 Å². The lowest BCUT2D eigenvalue weighted by Crippen LogP contribution is -2.52. The first-order valence-corrected chi connectivity index (χ1v) is 8.33. The number of carbonyl (C=O) groups is 2. The van der Waals surface area contributed by atoms with Crippen molar-refractivity contribution in [3.8, 4) is 0 Å². The van der Waals surface area contributed by atoms with E-state index >= 15 is 0 Å². The highest BCUT2D eigenvalue weighted by molar-refractivity contribution is 5.91. The summed E-state index contributed by atoms with van der Waals surface area (Å²) in [5.74, 6) is -2.60. The Bertz CT molecular complexity index is 609. The Morgan fingerprint density at radius 1 is 1.52 bits per heavy atom. The van der Waals surface area contributed by atoms with Gasteiger partial charge in [-0.1, -0.05) is 26.2 Å². The van der Waals surface area contributed by atoms with E-state index in [-0.39, 0.29) is 24.7 Å². The minimum Gasteiger partial charge on any atom is -0.461 e. The molecule has 1 heterocycles. The van der Waals surface area contributed by atoms with Crippen molar-refractivity contribution in [2.24, 2.45) is 23.2 Å². The summed E-state index contributed by atoms with van der Waals surface area (Å²) in [5, 5.41) is 18.7. The summed E-state index contributed by atoms with van der Waals surface area (Å²) in [4.78, 5) is 24.3. The second-order valence-electron chi connectivity index (χ2n) is 7.19. The van der Waals surface area contributed by atoms with Crippen LogP contribution >= 0.6 is 0 Å². The van der Waals surface area contributed by atoms with Gasteiger partial charge in [-0.2, -0.15) is 0 Å². The van der Waals surface area contributed by atoms with Crippen LogP contribution in [0.2, 0.25) is 0 Å². The van der Waals surface area contributed by atoms with Crippen LogP contribution in [0.5, 0.6) is 0 Å². The maximum Gasteiger partial charge on any atom is 0.334 e. The smallest absolute Gasteiger partial charge is 0.334 e. The number of rotatable bonds is 6. The summed E-state index contributed by atoms with van der Waals surface area (Å²) in [5.41, 5.74) is 0.203. The van der Waals surface area contributed by atoms with E-state index in [1.165, 1.54) is 0 Å². The Hall–Kier alpha value is -1.92. The van der Waals surface area contributed by atoms with Gasteiger partial charge in [-0.3, -0.25) is 4.79 Å². The van der Waals surface area contributed by atoms with Crippen molar-refractivity contribution in [2.45, 2.75) is 32.5 Å². The number of hydrogen-bond donors (Lipinski definition) is 2. The number of carbonyl (C=O) groups excluding carboxylic acids is 2. The Morgan fingerprint density at radius 3 is 2.68 bits per heavy atom. The van der Waals surface area contributed by atoms with E-state index < -0.39 is 41.4 Å². The second-order valence-corrected chi connectivity index (χ2v) is 7.19. The number of hydrogen-bond acceptors (Lipinski definition) is 6. The number of esters is 2. The normalized spacial score (nSPS) is 35.5. The zero-order valence-electron chi connectivity index (χ0n) is 14.7. The van der Waals surface area contributed by atoms with Crippen LogP contribution in [0.15, 0.2) is 37.0 Å². The molecule has 0 aromatic heterocycles.